The Bertz CT molecular complexity index is 749. The van der Waals surface area contributed by atoms with E-state index in [2.05, 4.69) is 20.8 Å². The van der Waals surface area contributed by atoms with Crippen LogP contribution < -0.4 is 0 Å². The van der Waals surface area contributed by atoms with Crippen molar-refractivity contribution in [3.05, 3.63) is 0 Å². The fourth-order valence-corrected chi connectivity index (χ4v) is 8.24. The summed E-state index contributed by atoms with van der Waals surface area (Å²) in [7, 11) is 0. The third-order valence-electron chi connectivity index (χ3n) is 9.24. The summed E-state index contributed by atoms with van der Waals surface area (Å²) in [6.07, 6.45) is 2.24. The lowest BCUT2D eigenvalue weighted by atomic mass is 9.54. The zero-order valence-electron chi connectivity index (χ0n) is 17.6. The summed E-state index contributed by atoms with van der Waals surface area (Å²) in [5, 5.41) is 22.7. The summed E-state index contributed by atoms with van der Waals surface area (Å²) < 4.78 is 16.4. The smallest absolute Gasteiger partial charge is 0.343 e. The molecule has 2 saturated heterocycles. The van der Waals surface area contributed by atoms with Crippen molar-refractivity contribution in [1.82, 2.24) is 0 Å². The van der Waals surface area contributed by atoms with Gasteiger partial charge < -0.3 is 24.4 Å². The molecule has 0 radical (unpaired) electrons. The Morgan fingerprint density at radius 1 is 1.17 bits per heavy atom. The quantitative estimate of drug-likeness (QED) is 0.674. The van der Waals surface area contributed by atoms with E-state index in [1.165, 1.54) is 13.3 Å². The van der Waals surface area contributed by atoms with E-state index in [0.717, 1.165) is 25.7 Å². The summed E-state index contributed by atoms with van der Waals surface area (Å²) in [5.41, 5.74) is -1.83. The van der Waals surface area contributed by atoms with E-state index in [-0.39, 0.29) is 28.6 Å². The van der Waals surface area contributed by atoms with Crippen LogP contribution in [0.25, 0.3) is 0 Å². The van der Waals surface area contributed by atoms with E-state index in [9.17, 15) is 19.8 Å². The molecule has 0 aromatic heterocycles. The van der Waals surface area contributed by atoms with Gasteiger partial charge in [-0.15, -0.1) is 0 Å². The summed E-state index contributed by atoms with van der Waals surface area (Å²) in [5.74, 6) is -2.22. The summed E-state index contributed by atoms with van der Waals surface area (Å²) in [6, 6.07) is 0. The maximum Gasteiger partial charge on any atom is 0.343 e. The van der Waals surface area contributed by atoms with Crippen LogP contribution in [0.4, 0.5) is 0 Å². The standard InChI is InChI=1S/C22H32O7/c1-10(23)27-18-15-14-13(16(24)22(15,26)19(25)29-17(14)28-18)11-6-7-12-20(2,3)8-5-9-21(11,12)4/h11-18,24,26H,5-9H2,1-4H3. The lowest BCUT2D eigenvalue weighted by Gasteiger charge is -2.51. The van der Waals surface area contributed by atoms with E-state index in [1.54, 1.807) is 0 Å². The fourth-order valence-electron chi connectivity index (χ4n) is 8.24. The molecule has 10 unspecified atom stereocenters. The third kappa shape index (κ3) is 2.35. The maximum atomic E-state index is 12.6. The van der Waals surface area contributed by atoms with Gasteiger partial charge in [0.05, 0.1) is 12.0 Å². The predicted molar refractivity (Wildman–Crippen MR) is 99.9 cm³/mol. The van der Waals surface area contributed by atoms with Crippen LogP contribution in [0.2, 0.25) is 0 Å². The molecule has 7 heteroatoms. The second kappa shape index (κ2) is 5.95. The van der Waals surface area contributed by atoms with Gasteiger partial charge in [0.1, 0.15) is 0 Å². The van der Waals surface area contributed by atoms with Gasteiger partial charge in [-0.1, -0.05) is 27.2 Å². The molecule has 5 rings (SSSR count). The molecule has 3 aliphatic carbocycles. The average Bonchev–Trinajstić information content (AvgIpc) is 3.16. The molecule has 5 fully saturated rings. The third-order valence-corrected chi connectivity index (χ3v) is 9.24. The van der Waals surface area contributed by atoms with E-state index in [4.69, 9.17) is 14.2 Å². The number of rotatable bonds is 2. The largest absolute Gasteiger partial charge is 0.435 e. The first-order valence-corrected chi connectivity index (χ1v) is 11.0. The fraction of sp³-hybridized carbons (Fsp3) is 0.909. The molecule has 10 atom stereocenters. The zero-order chi connectivity index (χ0) is 20.9. The van der Waals surface area contributed by atoms with Crippen molar-refractivity contribution >= 4 is 11.9 Å². The van der Waals surface area contributed by atoms with E-state index in [0.29, 0.717) is 5.92 Å². The molecule has 2 aliphatic heterocycles. The topological polar surface area (TPSA) is 102 Å². The molecule has 2 heterocycles. The van der Waals surface area contributed by atoms with Crippen molar-refractivity contribution in [2.24, 2.45) is 40.4 Å². The van der Waals surface area contributed by atoms with Crippen LogP contribution in [-0.4, -0.2) is 46.4 Å². The van der Waals surface area contributed by atoms with Crippen molar-refractivity contribution in [3.8, 4) is 0 Å². The van der Waals surface area contributed by atoms with Crippen LogP contribution >= 0.6 is 0 Å². The van der Waals surface area contributed by atoms with Gasteiger partial charge in [-0.2, -0.15) is 0 Å². The van der Waals surface area contributed by atoms with Gasteiger partial charge in [0.25, 0.3) is 0 Å². The number of aliphatic hydroxyl groups excluding tert-OH is 1. The normalized spacial score (nSPS) is 54.8. The molecule has 5 aliphatic rings. The highest BCUT2D eigenvalue weighted by Gasteiger charge is 2.78. The molecule has 7 nitrogen and oxygen atoms in total. The highest BCUT2D eigenvalue weighted by Crippen LogP contribution is 2.69. The molecule has 29 heavy (non-hydrogen) atoms. The van der Waals surface area contributed by atoms with Gasteiger partial charge >= 0.3 is 11.9 Å². The van der Waals surface area contributed by atoms with Gasteiger partial charge in [0.15, 0.2) is 5.60 Å². The van der Waals surface area contributed by atoms with Gasteiger partial charge in [0.2, 0.25) is 12.6 Å². The van der Waals surface area contributed by atoms with Gasteiger partial charge in [0, 0.05) is 18.8 Å². The van der Waals surface area contributed by atoms with Crippen LogP contribution in [-0.2, 0) is 23.8 Å². The highest BCUT2D eigenvalue weighted by atomic mass is 16.8. The molecule has 162 valence electrons. The molecule has 2 N–H and O–H groups in total. The van der Waals surface area contributed by atoms with Crippen LogP contribution in [0.3, 0.4) is 0 Å². The summed E-state index contributed by atoms with van der Waals surface area (Å²) in [6.45, 7) is 8.26. The Hall–Kier alpha value is -1.18. The van der Waals surface area contributed by atoms with Gasteiger partial charge in [-0.05, 0) is 48.3 Å². The Balaban J connectivity index is 1.54. The Labute approximate surface area is 171 Å². The molecule has 3 saturated carbocycles. The SMILES string of the molecule is CC(=O)OC1OC2OC(=O)C3(O)C(O)C(C4CCC5C(C)(C)CCCC45C)C2C13. The first kappa shape index (κ1) is 19.8. The van der Waals surface area contributed by atoms with Crippen molar-refractivity contribution < 1.29 is 34.0 Å². The first-order valence-electron chi connectivity index (χ1n) is 11.0. The van der Waals surface area contributed by atoms with Crippen LogP contribution in [0.5, 0.6) is 0 Å². The number of carbonyl (C=O) groups is 2. The molecular formula is C22H32O7. The van der Waals surface area contributed by atoms with E-state index < -0.39 is 42.1 Å². The minimum atomic E-state index is -2.10. The molecule has 0 spiro atoms. The van der Waals surface area contributed by atoms with Crippen molar-refractivity contribution in [1.29, 1.82) is 0 Å². The van der Waals surface area contributed by atoms with Crippen LogP contribution in [0, 0.1) is 40.4 Å². The van der Waals surface area contributed by atoms with Crippen molar-refractivity contribution in [2.45, 2.75) is 84.1 Å². The van der Waals surface area contributed by atoms with Crippen molar-refractivity contribution in [2.75, 3.05) is 0 Å². The van der Waals surface area contributed by atoms with E-state index in [1.807, 2.05) is 0 Å². The van der Waals surface area contributed by atoms with Gasteiger partial charge in [-0.25, -0.2) is 4.79 Å². The number of ether oxygens (including phenoxy) is 3. The maximum absolute atomic E-state index is 12.6. The highest BCUT2D eigenvalue weighted by molar-refractivity contribution is 5.83. The Kier molecular flexibility index (Phi) is 4.05. The first-order chi connectivity index (χ1) is 13.5. The number of aliphatic hydroxyl groups is 2. The summed E-state index contributed by atoms with van der Waals surface area (Å²) >= 11 is 0. The van der Waals surface area contributed by atoms with Crippen molar-refractivity contribution in [3.63, 3.8) is 0 Å². The molecule has 4 bridgehead atoms. The molecular weight excluding hydrogens is 376 g/mol. The second-order valence-corrected chi connectivity index (χ2v) is 10.9. The zero-order valence-corrected chi connectivity index (χ0v) is 17.6. The second-order valence-electron chi connectivity index (χ2n) is 10.9. The van der Waals surface area contributed by atoms with Gasteiger partial charge in [-0.3, -0.25) is 4.79 Å². The average molecular weight is 408 g/mol. The number of esters is 2. The molecule has 0 aromatic rings. The lowest BCUT2D eigenvalue weighted by Crippen LogP contribution is -2.56. The monoisotopic (exact) mass is 408 g/mol. The molecule has 0 amide bonds. The number of hydrogen-bond acceptors (Lipinski definition) is 7. The Morgan fingerprint density at radius 3 is 2.59 bits per heavy atom. The minimum Gasteiger partial charge on any atom is -0.435 e. The number of hydrogen-bond donors (Lipinski definition) is 2. The number of fused-ring (bicyclic) bond motifs is 1. The Morgan fingerprint density at radius 2 is 1.90 bits per heavy atom. The summed E-state index contributed by atoms with van der Waals surface area (Å²) in [4.78, 5) is 24.2. The number of carbonyl (C=O) groups excluding carboxylic acids is 2. The van der Waals surface area contributed by atoms with Crippen LogP contribution in [0.15, 0.2) is 0 Å². The van der Waals surface area contributed by atoms with E-state index >= 15 is 0 Å². The minimum absolute atomic E-state index is 0.0284. The predicted octanol–water partition coefficient (Wildman–Crippen LogP) is 1.99. The van der Waals surface area contributed by atoms with Crippen LogP contribution in [0.1, 0.15) is 59.8 Å². The lowest BCUT2D eigenvalue weighted by molar-refractivity contribution is -0.211. The molecule has 0 aromatic carbocycles.